The molecule has 0 radical (unpaired) electrons. The molecule has 1 aliphatic heterocycles. The van der Waals surface area contributed by atoms with Gasteiger partial charge in [-0.15, -0.1) is 0 Å². The third-order valence-corrected chi connectivity index (χ3v) is 3.76. The Hall–Kier alpha value is -1.34. The summed E-state index contributed by atoms with van der Waals surface area (Å²) < 4.78 is 0. The van der Waals surface area contributed by atoms with E-state index >= 15 is 0 Å². The number of nitrogens with one attached hydrogen (secondary N) is 2. The maximum atomic E-state index is 11.6. The SMILES string of the molecule is CC(CCNC(=O)NCC1CN(C)CCN1C)C(=O)O. The molecule has 3 N–H and O–H groups in total. The average Bonchev–Trinajstić information content (AvgIpc) is 2.39. The summed E-state index contributed by atoms with van der Waals surface area (Å²) in [5, 5.41) is 14.3. The molecule has 0 aromatic heterocycles. The molecule has 1 aliphatic rings. The second-order valence-corrected chi connectivity index (χ2v) is 5.56. The van der Waals surface area contributed by atoms with Crippen molar-refractivity contribution in [2.24, 2.45) is 5.92 Å². The fourth-order valence-electron chi connectivity index (χ4n) is 2.12. The topological polar surface area (TPSA) is 84.9 Å². The van der Waals surface area contributed by atoms with Crippen molar-refractivity contribution < 1.29 is 14.7 Å². The van der Waals surface area contributed by atoms with Crippen LogP contribution >= 0.6 is 0 Å². The van der Waals surface area contributed by atoms with Gasteiger partial charge in [-0.3, -0.25) is 9.69 Å². The van der Waals surface area contributed by atoms with Crippen LogP contribution in [0.4, 0.5) is 4.79 Å². The number of carbonyl (C=O) groups excluding carboxylic acids is 1. The molecule has 7 nitrogen and oxygen atoms in total. The Bertz CT molecular complexity index is 338. The maximum Gasteiger partial charge on any atom is 0.314 e. The number of hydrogen-bond acceptors (Lipinski definition) is 4. The molecule has 2 unspecified atom stereocenters. The minimum absolute atomic E-state index is 0.232. The van der Waals surface area contributed by atoms with Gasteiger partial charge in [0, 0.05) is 38.8 Å². The first-order valence-electron chi connectivity index (χ1n) is 7.03. The third kappa shape index (κ3) is 5.75. The van der Waals surface area contributed by atoms with E-state index in [2.05, 4.69) is 34.5 Å². The number of urea groups is 1. The van der Waals surface area contributed by atoms with Gasteiger partial charge in [0.2, 0.25) is 0 Å². The van der Waals surface area contributed by atoms with Gasteiger partial charge in [0.05, 0.1) is 5.92 Å². The first-order valence-corrected chi connectivity index (χ1v) is 7.03. The lowest BCUT2D eigenvalue weighted by atomic mass is 10.1. The third-order valence-electron chi connectivity index (χ3n) is 3.76. The summed E-state index contributed by atoms with van der Waals surface area (Å²) >= 11 is 0. The van der Waals surface area contributed by atoms with Crippen LogP contribution < -0.4 is 10.6 Å². The Morgan fingerprint density at radius 2 is 2.00 bits per heavy atom. The summed E-state index contributed by atoms with van der Waals surface area (Å²) in [6, 6.07) is 0.0849. The lowest BCUT2D eigenvalue weighted by molar-refractivity contribution is -0.141. The molecule has 1 fully saturated rings. The highest BCUT2D eigenvalue weighted by atomic mass is 16.4. The lowest BCUT2D eigenvalue weighted by Gasteiger charge is -2.37. The summed E-state index contributed by atoms with van der Waals surface area (Å²) in [6.07, 6.45) is 0.439. The molecule has 7 heteroatoms. The molecule has 0 bridgehead atoms. The zero-order valence-electron chi connectivity index (χ0n) is 12.6. The predicted octanol–water partition coefficient (Wildman–Crippen LogP) is -0.358. The van der Waals surface area contributed by atoms with E-state index in [1.165, 1.54) is 0 Å². The number of nitrogens with zero attached hydrogens (tertiary/aromatic N) is 2. The predicted molar refractivity (Wildman–Crippen MR) is 76.7 cm³/mol. The van der Waals surface area contributed by atoms with Crippen molar-refractivity contribution in [3.8, 4) is 0 Å². The Morgan fingerprint density at radius 3 is 2.65 bits per heavy atom. The van der Waals surface area contributed by atoms with E-state index in [0.717, 1.165) is 19.6 Å². The van der Waals surface area contributed by atoms with Gasteiger partial charge in [-0.1, -0.05) is 6.92 Å². The van der Waals surface area contributed by atoms with Crippen LogP contribution in [0.25, 0.3) is 0 Å². The number of piperazine rings is 1. The Balaban J connectivity index is 2.17. The van der Waals surface area contributed by atoms with Crippen molar-refractivity contribution in [3.05, 3.63) is 0 Å². The van der Waals surface area contributed by atoms with E-state index in [9.17, 15) is 9.59 Å². The zero-order valence-corrected chi connectivity index (χ0v) is 12.6. The van der Waals surface area contributed by atoms with Crippen LogP contribution in [0.5, 0.6) is 0 Å². The molecule has 2 amide bonds. The molecule has 116 valence electrons. The first kappa shape index (κ1) is 16.7. The number of carboxylic acid groups (broad SMARTS) is 1. The van der Waals surface area contributed by atoms with Crippen LogP contribution in [-0.4, -0.2) is 79.8 Å². The molecule has 1 heterocycles. The summed E-state index contributed by atoms with van der Waals surface area (Å²) in [5.41, 5.74) is 0. The van der Waals surface area contributed by atoms with E-state index in [1.54, 1.807) is 6.92 Å². The highest BCUT2D eigenvalue weighted by Crippen LogP contribution is 2.04. The van der Waals surface area contributed by atoms with E-state index < -0.39 is 11.9 Å². The van der Waals surface area contributed by atoms with Gasteiger partial charge < -0.3 is 20.6 Å². The molecule has 20 heavy (non-hydrogen) atoms. The molecule has 1 saturated heterocycles. The van der Waals surface area contributed by atoms with Gasteiger partial charge in [-0.05, 0) is 20.5 Å². The summed E-state index contributed by atoms with van der Waals surface area (Å²) in [4.78, 5) is 26.8. The lowest BCUT2D eigenvalue weighted by Crippen LogP contribution is -2.55. The number of aliphatic carboxylic acids is 1. The monoisotopic (exact) mass is 286 g/mol. The smallest absolute Gasteiger partial charge is 0.314 e. The second kappa shape index (κ2) is 8.06. The van der Waals surface area contributed by atoms with Crippen molar-refractivity contribution in [3.63, 3.8) is 0 Å². The minimum atomic E-state index is -0.834. The summed E-state index contributed by atoms with van der Waals surface area (Å²) in [5.74, 6) is -1.27. The number of amides is 2. The molecular weight excluding hydrogens is 260 g/mol. The molecular formula is C13H26N4O3. The van der Waals surface area contributed by atoms with Gasteiger partial charge in [-0.2, -0.15) is 0 Å². The Labute approximate surface area is 120 Å². The molecule has 0 saturated carbocycles. The summed E-state index contributed by atoms with van der Waals surface area (Å²) in [6.45, 7) is 5.59. The zero-order chi connectivity index (χ0) is 15.1. The van der Waals surface area contributed by atoms with Crippen molar-refractivity contribution in [1.82, 2.24) is 20.4 Å². The number of carboxylic acids is 1. The normalized spacial score (nSPS) is 22.2. The number of rotatable bonds is 6. The second-order valence-electron chi connectivity index (χ2n) is 5.56. The molecule has 0 aromatic rings. The summed E-state index contributed by atoms with van der Waals surface area (Å²) in [7, 11) is 4.14. The van der Waals surface area contributed by atoms with Crippen LogP contribution in [0, 0.1) is 5.92 Å². The van der Waals surface area contributed by atoms with Gasteiger partial charge in [0.1, 0.15) is 0 Å². The van der Waals surface area contributed by atoms with E-state index in [4.69, 9.17) is 5.11 Å². The van der Waals surface area contributed by atoms with Crippen molar-refractivity contribution in [2.45, 2.75) is 19.4 Å². The van der Waals surface area contributed by atoms with Crippen molar-refractivity contribution >= 4 is 12.0 Å². The number of carbonyl (C=O) groups is 2. The Morgan fingerprint density at radius 1 is 1.30 bits per heavy atom. The molecule has 2 atom stereocenters. The fourth-order valence-corrected chi connectivity index (χ4v) is 2.12. The van der Waals surface area contributed by atoms with E-state index in [0.29, 0.717) is 25.6 Å². The van der Waals surface area contributed by atoms with Crippen molar-refractivity contribution in [2.75, 3.05) is 46.8 Å². The molecule has 0 spiro atoms. The maximum absolute atomic E-state index is 11.6. The Kier molecular flexibility index (Phi) is 6.74. The first-order chi connectivity index (χ1) is 9.40. The van der Waals surface area contributed by atoms with Gasteiger partial charge in [0.15, 0.2) is 0 Å². The highest BCUT2D eigenvalue weighted by Gasteiger charge is 2.22. The highest BCUT2D eigenvalue weighted by molar-refractivity contribution is 5.74. The van der Waals surface area contributed by atoms with Crippen LogP contribution in [-0.2, 0) is 4.79 Å². The van der Waals surface area contributed by atoms with Gasteiger partial charge in [-0.25, -0.2) is 4.79 Å². The van der Waals surface area contributed by atoms with Crippen LogP contribution in [0.2, 0.25) is 0 Å². The van der Waals surface area contributed by atoms with Crippen LogP contribution in [0.15, 0.2) is 0 Å². The quantitative estimate of drug-likeness (QED) is 0.621. The molecule has 0 aromatic carbocycles. The van der Waals surface area contributed by atoms with E-state index in [1.807, 2.05) is 0 Å². The van der Waals surface area contributed by atoms with Gasteiger partial charge in [0.25, 0.3) is 0 Å². The minimum Gasteiger partial charge on any atom is -0.481 e. The fraction of sp³-hybridized carbons (Fsp3) is 0.846. The largest absolute Gasteiger partial charge is 0.481 e. The van der Waals surface area contributed by atoms with E-state index in [-0.39, 0.29) is 6.03 Å². The molecule has 1 rings (SSSR count). The number of hydrogen-bond donors (Lipinski definition) is 3. The average molecular weight is 286 g/mol. The van der Waals surface area contributed by atoms with Crippen LogP contribution in [0.1, 0.15) is 13.3 Å². The van der Waals surface area contributed by atoms with Crippen molar-refractivity contribution in [1.29, 1.82) is 0 Å². The number of likely N-dealkylation sites (N-methyl/N-ethyl adjacent to an activating group) is 2. The van der Waals surface area contributed by atoms with Gasteiger partial charge >= 0.3 is 12.0 Å². The van der Waals surface area contributed by atoms with Crippen LogP contribution in [0.3, 0.4) is 0 Å². The standard InChI is InChI=1S/C13H26N4O3/c1-10(12(18)19)4-5-14-13(20)15-8-11-9-16(2)6-7-17(11)3/h10-11H,4-9H2,1-3H3,(H,18,19)(H2,14,15,20). The molecule has 0 aliphatic carbocycles.